The summed E-state index contributed by atoms with van der Waals surface area (Å²) in [6.07, 6.45) is 0. The number of nitrogens with zero attached hydrogens (tertiary/aromatic N) is 1. The average Bonchev–Trinajstić information content (AvgIpc) is 2.40. The molecule has 0 amide bonds. The van der Waals surface area contributed by atoms with Gasteiger partial charge in [-0.3, -0.25) is 4.31 Å². The highest BCUT2D eigenvalue weighted by Crippen LogP contribution is 2.20. The molecule has 2 rings (SSSR count). The highest BCUT2D eigenvalue weighted by Gasteiger charge is 2.20. The lowest BCUT2D eigenvalue weighted by Crippen LogP contribution is -2.26. The monoisotopic (exact) mass is 246 g/mol. The van der Waals surface area contributed by atoms with Crippen LogP contribution in [0.4, 0.5) is 5.69 Å². The minimum absolute atomic E-state index is 0.287. The zero-order chi connectivity index (χ0) is 12.3. The van der Waals surface area contributed by atoms with Crippen molar-refractivity contribution in [2.24, 2.45) is 0 Å². The molecule has 1 radical (unpaired) electrons. The van der Waals surface area contributed by atoms with Crippen molar-refractivity contribution in [1.29, 1.82) is 0 Å². The van der Waals surface area contributed by atoms with Crippen molar-refractivity contribution in [2.45, 2.75) is 4.90 Å². The molecule has 0 atom stereocenters. The first kappa shape index (κ1) is 11.7. The van der Waals surface area contributed by atoms with Crippen LogP contribution in [0.5, 0.6) is 0 Å². The Balaban J connectivity index is 2.41. The Kier molecular flexibility index (Phi) is 3.15. The van der Waals surface area contributed by atoms with Gasteiger partial charge < -0.3 is 0 Å². The molecule has 4 heteroatoms. The molecule has 0 saturated carbocycles. The summed E-state index contributed by atoms with van der Waals surface area (Å²) in [5.41, 5.74) is 0.618. The Bertz CT molecular complexity index is 579. The van der Waals surface area contributed by atoms with Crippen LogP contribution in [0, 0.1) is 6.07 Å². The first-order valence-corrected chi connectivity index (χ1v) is 6.56. The van der Waals surface area contributed by atoms with E-state index >= 15 is 0 Å². The molecule has 0 fully saturated rings. The molecule has 0 saturated heterocycles. The standard InChI is InChI=1S/C13H12NO2S/c1-14(12-8-4-2-5-9-12)17(15,16)13-10-6-3-7-11-13/h3-11H,1H3. The summed E-state index contributed by atoms with van der Waals surface area (Å²) < 4.78 is 25.8. The van der Waals surface area contributed by atoms with Gasteiger partial charge in [-0.25, -0.2) is 8.42 Å². The van der Waals surface area contributed by atoms with E-state index in [4.69, 9.17) is 0 Å². The van der Waals surface area contributed by atoms with Crippen LogP contribution in [0.25, 0.3) is 0 Å². The van der Waals surface area contributed by atoms with Gasteiger partial charge in [0.1, 0.15) is 0 Å². The fourth-order valence-corrected chi connectivity index (χ4v) is 2.69. The normalized spacial score (nSPS) is 11.1. The molecular formula is C13H12NO2S. The molecule has 17 heavy (non-hydrogen) atoms. The predicted molar refractivity (Wildman–Crippen MR) is 67.3 cm³/mol. The number of anilines is 1. The first-order chi connectivity index (χ1) is 8.12. The highest BCUT2D eigenvalue weighted by molar-refractivity contribution is 7.92. The minimum atomic E-state index is -3.47. The summed E-state index contributed by atoms with van der Waals surface area (Å²) in [6, 6.07) is 18.0. The molecule has 2 aromatic carbocycles. The predicted octanol–water partition coefficient (Wildman–Crippen LogP) is 2.31. The molecule has 3 nitrogen and oxygen atoms in total. The van der Waals surface area contributed by atoms with E-state index in [9.17, 15) is 8.42 Å². The Labute approximate surface area is 101 Å². The van der Waals surface area contributed by atoms with Crippen molar-refractivity contribution < 1.29 is 8.42 Å². The van der Waals surface area contributed by atoms with Crippen molar-refractivity contribution >= 4 is 15.7 Å². The van der Waals surface area contributed by atoms with Crippen molar-refractivity contribution in [3.8, 4) is 0 Å². The minimum Gasteiger partial charge on any atom is -0.269 e. The zero-order valence-corrected chi connectivity index (χ0v) is 10.2. The number of hydrogen-bond acceptors (Lipinski definition) is 2. The number of rotatable bonds is 3. The molecule has 0 aliphatic carbocycles. The van der Waals surface area contributed by atoms with Crippen molar-refractivity contribution in [2.75, 3.05) is 11.4 Å². The van der Waals surface area contributed by atoms with Gasteiger partial charge in [-0.05, 0) is 30.3 Å². The lowest BCUT2D eigenvalue weighted by molar-refractivity contribution is 0.594. The molecule has 0 N–H and O–H groups in total. The Morgan fingerprint density at radius 2 is 1.59 bits per heavy atom. The fourth-order valence-electron chi connectivity index (χ4n) is 1.48. The van der Waals surface area contributed by atoms with Gasteiger partial charge in [0.15, 0.2) is 0 Å². The molecule has 0 spiro atoms. The van der Waals surface area contributed by atoms with Crippen LogP contribution in [0.3, 0.4) is 0 Å². The first-order valence-electron chi connectivity index (χ1n) is 5.12. The van der Waals surface area contributed by atoms with Crippen LogP contribution < -0.4 is 4.31 Å². The van der Waals surface area contributed by atoms with Gasteiger partial charge in [0.05, 0.1) is 10.6 Å². The highest BCUT2D eigenvalue weighted by atomic mass is 32.2. The van der Waals surface area contributed by atoms with E-state index in [0.717, 1.165) is 0 Å². The summed E-state index contributed by atoms with van der Waals surface area (Å²) in [5.74, 6) is 0. The maximum atomic E-state index is 12.2. The summed E-state index contributed by atoms with van der Waals surface area (Å²) in [5, 5.41) is 0. The lowest BCUT2D eigenvalue weighted by atomic mass is 10.3. The Morgan fingerprint density at radius 1 is 1.00 bits per heavy atom. The van der Waals surface area contributed by atoms with E-state index in [2.05, 4.69) is 6.07 Å². The second-order valence-corrected chi connectivity index (χ2v) is 5.51. The summed E-state index contributed by atoms with van der Waals surface area (Å²) >= 11 is 0. The SMILES string of the molecule is CN(c1cc[c]cc1)S(=O)(=O)c1ccccc1. The zero-order valence-electron chi connectivity index (χ0n) is 9.37. The van der Waals surface area contributed by atoms with Gasteiger partial charge in [0, 0.05) is 7.05 Å². The largest absolute Gasteiger partial charge is 0.269 e. The van der Waals surface area contributed by atoms with Gasteiger partial charge in [-0.15, -0.1) is 0 Å². The van der Waals surface area contributed by atoms with Crippen LogP contribution in [-0.4, -0.2) is 15.5 Å². The van der Waals surface area contributed by atoms with E-state index < -0.39 is 10.0 Å². The van der Waals surface area contributed by atoms with Crippen LogP contribution >= 0.6 is 0 Å². The maximum Gasteiger partial charge on any atom is 0.264 e. The molecule has 2 aromatic rings. The molecule has 0 aliphatic heterocycles. The number of sulfonamides is 1. The van der Waals surface area contributed by atoms with E-state index in [-0.39, 0.29) is 4.90 Å². The third-order valence-electron chi connectivity index (χ3n) is 2.47. The molecular weight excluding hydrogens is 234 g/mol. The topological polar surface area (TPSA) is 37.4 Å². The van der Waals surface area contributed by atoms with Crippen molar-refractivity contribution in [3.63, 3.8) is 0 Å². The lowest BCUT2D eigenvalue weighted by Gasteiger charge is -2.19. The van der Waals surface area contributed by atoms with Gasteiger partial charge >= 0.3 is 0 Å². The van der Waals surface area contributed by atoms with E-state index in [1.165, 1.54) is 11.4 Å². The quantitative estimate of drug-likeness (QED) is 0.833. The molecule has 0 unspecified atom stereocenters. The van der Waals surface area contributed by atoms with E-state index in [1.54, 1.807) is 54.6 Å². The van der Waals surface area contributed by atoms with Crippen LogP contribution in [0.1, 0.15) is 0 Å². The molecule has 0 aliphatic rings. The second-order valence-electron chi connectivity index (χ2n) is 3.54. The van der Waals surface area contributed by atoms with Crippen molar-refractivity contribution in [1.82, 2.24) is 0 Å². The van der Waals surface area contributed by atoms with E-state index in [1.807, 2.05) is 0 Å². The molecule has 0 heterocycles. The van der Waals surface area contributed by atoms with Crippen molar-refractivity contribution in [3.05, 3.63) is 60.7 Å². The van der Waals surface area contributed by atoms with Crippen LogP contribution in [0.15, 0.2) is 59.5 Å². The third-order valence-corrected chi connectivity index (χ3v) is 4.27. The fraction of sp³-hybridized carbons (Fsp3) is 0.0769. The number of hydrogen-bond donors (Lipinski definition) is 0. The smallest absolute Gasteiger partial charge is 0.264 e. The summed E-state index contributed by atoms with van der Waals surface area (Å²) in [7, 11) is -1.93. The number of benzene rings is 2. The van der Waals surface area contributed by atoms with Gasteiger partial charge in [0.25, 0.3) is 10.0 Å². The maximum absolute atomic E-state index is 12.2. The molecule has 0 aromatic heterocycles. The van der Waals surface area contributed by atoms with Crippen LogP contribution in [-0.2, 0) is 10.0 Å². The molecule has 0 bridgehead atoms. The summed E-state index contributed by atoms with van der Waals surface area (Å²) in [4.78, 5) is 0.287. The Morgan fingerprint density at radius 3 is 2.18 bits per heavy atom. The van der Waals surface area contributed by atoms with E-state index in [0.29, 0.717) is 5.69 Å². The molecule has 87 valence electrons. The van der Waals surface area contributed by atoms with Gasteiger partial charge in [0.2, 0.25) is 0 Å². The van der Waals surface area contributed by atoms with Gasteiger partial charge in [-0.2, -0.15) is 0 Å². The Hall–Kier alpha value is -1.81. The summed E-state index contributed by atoms with van der Waals surface area (Å²) in [6.45, 7) is 0. The van der Waals surface area contributed by atoms with Crippen LogP contribution in [0.2, 0.25) is 0 Å². The third kappa shape index (κ3) is 2.31. The second kappa shape index (κ2) is 4.59. The average molecular weight is 246 g/mol. The van der Waals surface area contributed by atoms with Gasteiger partial charge in [-0.1, -0.05) is 30.3 Å².